The first kappa shape index (κ1) is 32.0. The van der Waals surface area contributed by atoms with Gasteiger partial charge in [0.2, 0.25) is 0 Å². The number of carbonyl (C=O) groups excluding carboxylic acids is 2. The molecule has 1 saturated heterocycles. The number of esters is 2. The Labute approximate surface area is 259 Å². The van der Waals surface area contributed by atoms with Crippen molar-refractivity contribution in [1.82, 2.24) is 10.2 Å². The van der Waals surface area contributed by atoms with Crippen LogP contribution in [0.1, 0.15) is 44.6 Å². The number of hydrogen-bond acceptors (Lipinski definition) is 9. The Hall–Kier alpha value is -3.96. The maximum Gasteiger partial charge on any atom is 0.356 e. The maximum absolute atomic E-state index is 12.8. The zero-order valence-electron chi connectivity index (χ0n) is 25.5. The second-order valence-electron chi connectivity index (χ2n) is 10.7. The minimum Gasteiger partial charge on any atom is -0.497 e. The molecule has 2 N–H and O–H groups in total. The highest BCUT2D eigenvalue weighted by Crippen LogP contribution is 2.32. The zero-order chi connectivity index (χ0) is 30.9. The third-order valence-electron chi connectivity index (χ3n) is 7.86. The fourth-order valence-electron chi connectivity index (χ4n) is 5.68. The zero-order valence-corrected chi connectivity index (χ0v) is 26.3. The second kappa shape index (κ2) is 15.0. The van der Waals surface area contributed by atoms with Crippen molar-refractivity contribution in [1.29, 1.82) is 0 Å². The van der Waals surface area contributed by atoms with Gasteiger partial charge in [0.15, 0.2) is 16.9 Å². The minimum absolute atomic E-state index is 0.175. The van der Waals surface area contributed by atoms with Crippen LogP contribution in [0.15, 0.2) is 64.9 Å². The van der Waals surface area contributed by atoms with Gasteiger partial charge < -0.3 is 34.6 Å². The van der Waals surface area contributed by atoms with Gasteiger partial charge in [-0.25, -0.2) is 9.59 Å². The fraction of sp³-hybridized carbons (Fsp3) is 0.438. The van der Waals surface area contributed by atoms with Crippen LogP contribution in [0.2, 0.25) is 0 Å². The number of likely N-dealkylation sites (tertiary alicyclic amines) is 1. The van der Waals surface area contributed by atoms with Gasteiger partial charge in [-0.2, -0.15) is 0 Å². The van der Waals surface area contributed by atoms with Gasteiger partial charge in [0.25, 0.3) is 0 Å². The number of rotatable bonds is 10. The van der Waals surface area contributed by atoms with E-state index in [4.69, 9.17) is 26.4 Å². The predicted molar refractivity (Wildman–Crippen MR) is 173 cm³/mol. The first-order chi connectivity index (χ1) is 20.7. The summed E-state index contributed by atoms with van der Waals surface area (Å²) in [5.41, 5.74) is 3.79. The highest BCUT2D eigenvalue weighted by Gasteiger charge is 2.39. The number of benzene rings is 2. The van der Waals surface area contributed by atoms with Crippen LogP contribution in [0.4, 0.5) is 11.4 Å². The third kappa shape index (κ3) is 7.91. The minimum atomic E-state index is -0.913. The molecule has 1 atom stereocenters. The van der Waals surface area contributed by atoms with Gasteiger partial charge in [-0.15, -0.1) is 0 Å². The van der Waals surface area contributed by atoms with Crippen molar-refractivity contribution in [2.24, 2.45) is 4.99 Å². The lowest BCUT2D eigenvalue weighted by Gasteiger charge is -2.36. The Morgan fingerprint density at radius 3 is 2.47 bits per heavy atom. The molecule has 2 heterocycles. The first-order valence-electron chi connectivity index (χ1n) is 14.5. The third-order valence-corrected chi connectivity index (χ3v) is 8.10. The van der Waals surface area contributed by atoms with Gasteiger partial charge in [-0.1, -0.05) is 18.2 Å². The SMILES string of the molecule is COC(=O)C1=C(C)N=C(C)C(C(=O)OC)N1c1cccc(NC(=S)NCCCN2CCC(c3cccc(OC)c3)CC2)c1. The normalized spacial score (nSPS) is 17.7. The van der Waals surface area contributed by atoms with Crippen molar-refractivity contribution in [2.75, 3.05) is 57.7 Å². The van der Waals surface area contributed by atoms with E-state index < -0.39 is 18.0 Å². The number of methoxy groups -OCH3 is 3. The molecular weight excluding hydrogens is 566 g/mol. The van der Waals surface area contributed by atoms with Gasteiger partial charge in [-0.05, 0) is 107 Å². The van der Waals surface area contributed by atoms with Gasteiger partial charge >= 0.3 is 11.9 Å². The second-order valence-corrected chi connectivity index (χ2v) is 11.1. The van der Waals surface area contributed by atoms with Gasteiger partial charge in [-0.3, -0.25) is 4.99 Å². The van der Waals surface area contributed by atoms with Crippen molar-refractivity contribution in [2.45, 2.75) is 45.1 Å². The summed E-state index contributed by atoms with van der Waals surface area (Å²) in [6.45, 7) is 7.33. The molecule has 2 aliphatic heterocycles. The highest BCUT2D eigenvalue weighted by molar-refractivity contribution is 7.80. The summed E-state index contributed by atoms with van der Waals surface area (Å²) in [5.74, 6) is 0.365. The van der Waals surface area contributed by atoms with E-state index >= 15 is 0 Å². The van der Waals surface area contributed by atoms with Crippen molar-refractivity contribution >= 4 is 46.4 Å². The number of aliphatic imine (C=N–C) groups is 1. The molecule has 0 spiro atoms. The molecule has 230 valence electrons. The van der Waals surface area contributed by atoms with E-state index in [0.717, 1.165) is 51.2 Å². The molecular formula is C32H41N5O5S. The van der Waals surface area contributed by atoms with Crippen molar-refractivity contribution in [3.8, 4) is 5.75 Å². The number of piperidine rings is 1. The Morgan fingerprint density at radius 1 is 1.02 bits per heavy atom. The van der Waals surface area contributed by atoms with E-state index in [1.54, 1.807) is 25.9 Å². The van der Waals surface area contributed by atoms with Crippen LogP contribution in [0.5, 0.6) is 5.75 Å². The summed E-state index contributed by atoms with van der Waals surface area (Å²) in [7, 11) is 4.32. The Morgan fingerprint density at radius 2 is 1.77 bits per heavy atom. The number of nitrogens with one attached hydrogen (secondary N) is 2. The number of ether oxygens (including phenoxy) is 3. The largest absolute Gasteiger partial charge is 0.497 e. The lowest BCUT2D eigenvalue weighted by Crippen LogP contribution is -2.50. The van der Waals surface area contributed by atoms with Gasteiger partial charge in [0, 0.05) is 23.6 Å². The van der Waals surface area contributed by atoms with Crippen LogP contribution in [-0.2, 0) is 19.1 Å². The molecule has 0 saturated carbocycles. The molecule has 1 unspecified atom stereocenters. The van der Waals surface area contributed by atoms with E-state index in [0.29, 0.717) is 33.8 Å². The fourth-order valence-corrected chi connectivity index (χ4v) is 5.90. The number of thiocarbonyl (C=S) groups is 1. The Bertz CT molecular complexity index is 1390. The molecule has 0 aromatic heterocycles. The maximum atomic E-state index is 12.8. The average Bonchev–Trinajstić information content (AvgIpc) is 3.02. The summed E-state index contributed by atoms with van der Waals surface area (Å²) in [5, 5.41) is 7.01. The summed E-state index contributed by atoms with van der Waals surface area (Å²) in [6, 6.07) is 14.8. The molecule has 10 nitrogen and oxygen atoms in total. The summed E-state index contributed by atoms with van der Waals surface area (Å²) < 4.78 is 15.5. The van der Waals surface area contributed by atoms with Crippen LogP contribution in [-0.4, -0.2) is 81.2 Å². The Balaban J connectivity index is 1.30. The summed E-state index contributed by atoms with van der Waals surface area (Å²) >= 11 is 5.56. The van der Waals surface area contributed by atoms with E-state index in [1.165, 1.54) is 19.8 Å². The molecule has 0 radical (unpaired) electrons. The van der Waals surface area contributed by atoms with Crippen LogP contribution in [0.25, 0.3) is 0 Å². The molecule has 4 rings (SSSR count). The highest BCUT2D eigenvalue weighted by atomic mass is 32.1. The van der Waals surface area contributed by atoms with Crippen molar-refractivity contribution < 1.29 is 23.8 Å². The number of nitrogens with zero attached hydrogens (tertiary/aromatic N) is 3. The lowest BCUT2D eigenvalue weighted by molar-refractivity contribution is -0.140. The molecule has 0 amide bonds. The van der Waals surface area contributed by atoms with Crippen molar-refractivity contribution in [3.05, 3.63) is 65.5 Å². The van der Waals surface area contributed by atoms with E-state index in [9.17, 15) is 9.59 Å². The molecule has 0 bridgehead atoms. The summed E-state index contributed by atoms with van der Waals surface area (Å²) in [6.07, 6.45) is 3.25. The van der Waals surface area contributed by atoms with E-state index in [-0.39, 0.29) is 5.70 Å². The van der Waals surface area contributed by atoms with E-state index in [1.807, 2.05) is 30.3 Å². The molecule has 11 heteroatoms. The van der Waals surface area contributed by atoms with Crippen molar-refractivity contribution in [3.63, 3.8) is 0 Å². The Kier molecular flexibility index (Phi) is 11.1. The standard InChI is InChI=1S/C32H41N5O5S/c1-21-28(30(38)41-4)37(29(22(2)34-21)31(39)42-5)26-11-7-10-25(20-26)35-32(43)33-15-8-16-36-17-13-23(14-18-36)24-9-6-12-27(19-24)40-3/h6-7,9-12,19-20,23,28H,8,13-18H2,1-5H3,(H2,33,35,43). The number of allylic oxidation sites excluding steroid dienone is 1. The van der Waals surface area contributed by atoms with Crippen LogP contribution >= 0.6 is 12.2 Å². The van der Waals surface area contributed by atoms with Crippen LogP contribution in [0.3, 0.4) is 0 Å². The number of carbonyl (C=O) groups is 2. The molecule has 2 aromatic carbocycles. The van der Waals surface area contributed by atoms with E-state index in [2.05, 4.69) is 38.7 Å². The average molecular weight is 608 g/mol. The lowest BCUT2D eigenvalue weighted by atomic mass is 9.89. The molecule has 43 heavy (non-hydrogen) atoms. The molecule has 2 aliphatic rings. The molecule has 1 fully saturated rings. The monoisotopic (exact) mass is 607 g/mol. The van der Waals surface area contributed by atoms with Crippen LogP contribution < -0.4 is 20.3 Å². The number of anilines is 2. The first-order valence-corrected chi connectivity index (χ1v) is 14.9. The smallest absolute Gasteiger partial charge is 0.356 e. The molecule has 0 aliphatic carbocycles. The quantitative estimate of drug-likeness (QED) is 0.228. The molecule has 2 aromatic rings. The predicted octanol–water partition coefficient (Wildman–Crippen LogP) is 4.48. The van der Waals surface area contributed by atoms with Crippen LogP contribution in [0, 0.1) is 0 Å². The summed E-state index contributed by atoms with van der Waals surface area (Å²) in [4.78, 5) is 34.1. The topological polar surface area (TPSA) is 105 Å². The van der Waals surface area contributed by atoms with Gasteiger partial charge in [0.1, 0.15) is 5.75 Å². The van der Waals surface area contributed by atoms with Gasteiger partial charge in [0.05, 0.1) is 27.0 Å². The number of hydrogen-bond donors (Lipinski definition) is 2.